The van der Waals surface area contributed by atoms with Crippen LogP contribution in [0.15, 0.2) is 78.9 Å². The fourth-order valence-electron chi connectivity index (χ4n) is 3.46. The van der Waals surface area contributed by atoms with E-state index in [0.717, 1.165) is 40.0 Å². The summed E-state index contributed by atoms with van der Waals surface area (Å²) >= 11 is 0. The molecule has 0 aliphatic carbocycles. The summed E-state index contributed by atoms with van der Waals surface area (Å²) in [6, 6.07) is 25.8. The lowest BCUT2D eigenvalue weighted by Gasteiger charge is -2.14. The molecule has 1 aromatic heterocycles. The van der Waals surface area contributed by atoms with Gasteiger partial charge in [-0.3, -0.25) is 4.79 Å². The molecule has 0 radical (unpaired) electrons. The monoisotopic (exact) mass is 395 g/mol. The Kier molecular flexibility index (Phi) is 5.48. The summed E-state index contributed by atoms with van der Waals surface area (Å²) in [6.45, 7) is 2.14. The second kappa shape index (κ2) is 8.37. The normalized spacial score (nSPS) is 10.8. The largest absolute Gasteiger partial charge is 0.378 e. The summed E-state index contributed by atoms with van der Waals surface area (Å²) in [4.78, 5) is 20.0. The van der Waals surface area contributed by atoms with E-state index in [1.54, 1.807) is 0 Å². The Bertz CT molecular complexity index is 1180. The first-order valence-electron chi connectivity index (χ1n) is 10.1. The van der Waals surface area contributed by atoms with Crippen molar-refractivity contribution in [2.24, 2.45) is 0 Å². The van der Waals surface area contributed by atoms with Crippen LogP contribution in [0.2, 0.25) is 0 Å². The maximum atomic E-state index is 13.2. The van der Waals surface area contributed by atoms with Gasteiger partial charge in [-0.25, -0.2) is 4.98 Å². The minimum absolute atomic E-state index is 0.141. The average molecular weight is 396 g/mol. The summed E-state index contributed by atoms with van der Waals surface area (Å²) in [7, 11) is 3.98. The van der Waals surface area contributed by atoms with E-state index in [0.29, 0.717) is 5.56 Å². The molecule has 150 valence electrons. The Balaban J connectivity index is 1.72. The van der Waals surface area contributed by atoms with Gasteiger partial charge in [-0.1, -0.05) is 49.4 Å². The fourth-order valence-corrected chi connectivity index (χ4v) is 3.46. The van der Waals surface area contributed by atoms with Gasteiger partial charge in [0.1, 0.15) is 0 Å². The van der Waals surface area contributed by atoms with Crippen molar-refractivity contribution in [3.8, 4) is 11.3 Å². The van der Waals surface area contributed by atoms with Crippen LogP contribution in [0, 0.1) is 0 Å². The zero-order valence-corrected chi connectivity index (χ0v) is 17.5. The van der Waals surface area contributed by atoms with Crippen LogP contribution in [0.5, 0.6) is 0 Å². The van der Waals surface area contributed by atoms with E-state index in [9.17, 15) is 4.79 Å². The van der Waals surface area contributed by atoms with Gasteiger partial charge in [0.15, 0.2) is 0 Å². The first kappa shape index (κ1) is 19.6. The number of pyridine rings is 1. The summed E-state index contributed by atoms with van der Waals surface area (Å²) in [5.74, 6) is -0.141. The number of rotatable bonds is 5. The van der Waals surface area contributed by atoms with Crippen LogP contribution in [-0.2, 0) is 6.42 Å². The van der Waals surface area contributed by atoms with E-state index in [2.05, 4.69) is 36.5 Å². The number of anilines is 2. The van der Waals surface area contributed by atoms with E-state index in [1.165, 1.54) is 5.56 Å². The lowest BCUT2D eigenvalue weighted by Crippen LogP contribution is -2.13. The molecule has 0 unspecified atom stereocenters. The van der Waals surface area contributed by atoms with Crippen LogP contribution in [-0.4, -0.2) is 25.0 Å². The number of carbonyl (C=O) groups excluding carboxylic acids is 1. The number of aromatic nitrogens is 1. The van der Waals surface area contributed by atoms with Crippen molar-refractivity contribution in [3.63, 3.8) is 0 Å². The molecular weight excluding hydrogens is 370 g/mol. The number of nitrogens with one attached hydrogen (secondary N) is 1. The Hall–Kier alpha value is -3.66. The molecule has 0 bridgehead atoms. The Morgan fingerprint density at radius 3 is 2.30 bits per heavy atom. The average Bonchev–Trinajstić information content (AvgIpc) is 2.78. The number of nitrogens with zero attached hydrogens (tertiary/aromatic N) is 2. The number of aryl methyl sites for hydroxylation is 1. The summed E-state index contributed by atoms with van der Waals surface area (Å²) in [6.07, 6.45) is 0.992. The van der Waals surface area contributed by atoms with Gasteiger partial charge in [0.05, 0.1) is 16.8 Å². The van der Waals surface area contributed by atoms with Crippen molar-refractivity contribution in [1.29, 1.82) is 0 Å². The maximum Gasteiger partial charge on any atom is 0.256 e. The Morgan fingerprint density at radius 1 is 0.933 bits per heavy atom. The molecule has 0 fully saturated rings. The van der Waals surface area contributed by atoms with Crippen LogP contribution in [0.1, 0.15) is 22.8 Å². The predicted molar refractivity (Wildman–Crippen MR) is 125 cm³/mol. The first-order chi connectivity index (χ1) is 14.5. The number of hydrogen-bond acceptors (Lipinski definition) is 3. The summed E-state index contributed by atoms with van der Waals surface area (Å²) in [5.41, 5.74) is 6.35. The van der Waals surface area contributed by atoms with Crippen LogP contribution in [0.25, 0.3) is 22.2 Å². The lowest BCUT2D eigenvalue weighted by molar-refractivity contribution is 0.102. The molecule has 4 heteroatoms. The van der Waals surface area contributed by atoms with Crippen LogP contribution in [0.3, 0.4) is 0 Å². The minimum Gasteiger partial charge on any atom is -0.378 e. The number of benzene rings is 3. The van der Waals surface area contributed by atoms with E-state index >= 15 is 0 Å². The quantitative estimate of drug-likeness (QED) is 0.466. The third-order valence-corrected chi connectivity index (χ3v) is 5.26. The summed E-state index contributed by atoms with van der Waals surface area (Å²) in [5, 5.41) is 3.87. The van der Waals surface area contributed by atoms with Crippen molar-refractivity contribution >= 4 is 28.2 Å². The SMILES string of the molecule is CCc1ccc(-c2cc(C(=O)Nc3ccc(N(C)C)cc3)c3ccccc3n2)cc1. The molecule has 4 aromatic rings. The highest BCUT2D eigenvalue weighted by Crippen LogP contribution is 2.26. The number of amides is 1. The molecule has 4 rings (SSSR count). The molecule has 0 saturated carbocycles. The molecule has 3 aromatic carbocycles. The van der Waals surface area contributed by atoms with Gasteiger partial charge in [-0.15, -0.1) is 0 Å². The zero-order chi connectivity index (χ0) is 21.1. The third-order valence-electron chi connectivity index (χ3n) is 5.26. The molecule has 4 nitrogen and oxygen atoms in total. The van der Waals surface area contributed by atoms with Crippen LogP contribution >= 0.6 is 0 Å². The summed E-state index contributed by atoms with van der Waals surface area (Å²) < 4.78 is 0. The number of carbonyl (C=O) groups is 1. The van der Waals surface area contributed by atoms with Gasteiger partial charge in [0.25, 0.3) is 5.91 Å². The molecular formula is C26H25N3O. The topological polar surface area (TPSA) is 45.2 Å². The van der Waals surface area contributed by atoms with Crippen LogP contribution < -0.4 is 10.2 Å². The second-order valence-electron chi connectivity index (χ2n) is 7.52. The molecule has 1 amide bonds. The first-order valence-corrected chi connectivity index (χ1v) is 10.1. The molecule has 0 spiro atoms. The molecule has 0 saturated heterocycles. The lowest BCUT2D eigenvalue weighted by atomic mass is 10.0. The maximum absolute atomic E-state index is 13.2. The third kappa shape index (κ3) is 4.03. The highest BCUT2D eigenvalue weighted by atomic mass is 16.1. The fraction of sp³-hybridized carbons (Fsp3) is 0.154. The van der Waals surface area contributed by atoms with Crippen molar-refractivity contribution in [3.05, 3.63) is 90.0 Å². The van der Waals surface area contributed by atoms with Gasteiger partial charge in [-0.2, -0.15) is 0 Å². The van der Waals surface area contributed by atoms with Gasteiger partial charge < -0.3 is 10.2 Å². The molecule has 30 heavy (non-hydrogen) atoms. The van der Waals surface area contributed by atoms with Crippen molar-refractivity contribution in [1.82, 2.24) is 4.98 Å². The minimum atomic E-state index is -0.141. The highest BCUT2D eigenvalue weighted by molar-refractivity contribution is 6.13. The molecule has 0 aliphatic heterocycles. The smallest absolute Gasteiger partial charge is 0.256 e. The predicted octanol–water partition coefficient (Wildman–Crippen LogP) is 5.78. The van der Waals surface area contributed by atoms with Crippen molar-refractivity contribution < 1.29 is 4.79 Å². The van der Waals surface area contributed by atoms with Crippen LogP contribution in [0.4, 0.5) is 11.4 Å². The van der Waals surface area contributed by atoms with E-state index in [1.807, 2.05) is 73.6 Å². The second-order valence-corrected chi connectivity index (χ2v) is 7.52. The Labute approximate surface area is 177 Å². The van der Waals surface area contributed by atoms with E-state index in [-0.39, 0.29) is 5.91 Å². The number of para-hydroxylation sites is 1. The van der Waals surface area contributed by atoms with Crippen molar-refractivity contribution in [2.75, 3.05) is 24.3 Å². The van der Waals surface area contributed by atoms with E-state index in [4.69, 9.17) is 4.98 Å². The van der Waals surface area contributed by atoms with Gasteiger partial charge in [0.2, 0.25) is 0 Å². The molecule has 0 aliphatic rings. The van der Waals surface area contributed by atoms with Gasteiger partial charge in [-0.05, 0) is 48.4 Å². The van der Waals surface area contributed by atoms with E-state index < -0.39 is 0 Å². The molecule has 1 heterocycles. The van der Waals surface area contributed by atoms with Gasteiger partial charge >= 0.3 is 0 Å². The van der Waals surface area contributed by atoms with Gasteiger partial charge in [0, 0.05) is 36.4 Å². The number of hydrogen-bond donors (Lipinski definition) is 1. The Morgan fingerprint density at radius 2 is 1.63 bits per heavy atom. The zero-order valence-electron chi connectivity index (χ0n) is 17.5. The van der Waals surface area contributed by atoms with Crippen molar-refractivity contribution in [2.45, 2.75) is 13.3 Å². The highest BCUT2D eigenvalue weighted by Gasteiger charge is 2.14. The standard InChI is InChI=1S/C26H25N3O/c1-4-18-9-11-19(12-10-18)25-17-23(22-7-5-6-8-24(22)28-25)26(30)27-20-13-15-21(16-14-20)29(2)3/h5-17H,4H2,1-3H3,(H,27,30). The number of fused-ring (bicyclic) bond motifs is 1. The molecule has 1 N–H and O–H groups in total. The molecule has 0 atom stereocenters.